The zero-order valence-electron chi connectivity index (χ0n) is 18.2. The van der Waals surface area contributed by atoms with Crippen LogP contribution in [0.5, 0.6) is 28.7 Å². The van der Waals surface area contributed by atoms with Crippen molar-refractivity contribution in [3.63, 3.8) is 0 Å². The highest BCUT2D eigenvalue weighted by molar-refractivity contribution is 7.22. The van der Waals surface area contributed by atoms with Gasteiger partial charge in [0.15, 0.2) is 5.75 Å². The smallest absolute Gasteiger partial charge is 0.153 e. The first-order chi connectivity index (χ1) is 15.6. The molecule has 0 bridgehead atoms. The molecule has 0 spiro atoms. The molecule has 0 atom stereocenters. The van der Waals surface area contributed by atoms with Gasteiger partial charge in [0, 0.05) is 16.6 Å². The van der Waals surface area contributed by atoms with Crippen molar-refractivity contribution in [2.24, 2.45) is 0 Å². The van der Waals surface area contributed by atoms with Gasteiger partial charge in [-0.1, -0.05) is 13.8 Å². The predicted molar refractivity (Wildman–Crippen MR) is 130 cm³/mol. The minimum Gasteiger partial charge on any atom is -0.508 e. The first-order valence-corrected chi connectivity index (χ1v) is 11.6. The van der Waals surface area contributed by atoms with Gasteiger partial charge in [-0.3, -0.25) is 0 Å². The van der Waals surface area contributed by atoms with Crippen molar-refractivity contribution in [1.82, 2.24) is 4.90 Å². The third-order valence-corrected chi connectivity index (χ3v) is 6.55. The maximum Gasteiger partial charge on any atom is 0.153 e. The predicted octanol–water partition coefficient (Wildman–Crippen LogP) is 6.49. The zero-order chi connectivity index (χ0) is 22.5. The number of nitrogens with zero attached hydrogens (tertiary/aromatic N) is 1. The van der Waals surface area contributed by atoms with E-state index in [2.05, 4.69) is 18.7 Å². The van der Waals surface area contributed by atoms with Crippen molar-refractivity contribution >= 4 is 21.4 Å². The number of aromatic hydroxyl groups is 2. The summed E-state index contributed by atoms with van der Waals surface area (Å²) in [7, 11) is 0. The van der Waals surface area contributed by atoms with Crippen molar-refractivity contribution in [1.29, 1.82) is 0 Å². The fourth-order valence-electron chi connectivity index (χ4n) is 3.52. The normalized spacial score (nSPS) is 11.2. The van der Waals surface area contributed by atoms with E-state index in [0.29, 0.717) is 12.4 Å². The van der Waals surface area contributed by atoms with Gasteiger partial charge in [-0.05, 0) is 85.4 Å². The molecular weight excluding hydrogens is 422 g/mol. The molecule has 0 aliphatic carbocycles. The number of phenols is 2. The number of benzene rings is 3. The minimum absolute atomic E-state index is 0.214. The van der Waals surface area contributed by atoms with Gasteiger partial charge in [0.25, 0.3) is 0 Å². The Morgan fingerprint density at radius 3 is 2.16 bits per heavy atom. The Kier molecular flexibility index (Phi) is 6.83. The van der Waals surface area contributed by atoms with Gasteiger partial charge in [0.05, 0.1) is 4.88 Å². The van der Waals surface area contributed by atoms with Crippen molar-refractivity contribution in [2.75, 3.05) is 26.2 Å². The van der Waals surface area contributed by atoms with E-state index in [4.69, 9.17) is 9.47 Å². The van der Waals surface area contributed by atoms with Crippen LogP contribution in [-0.2, 0) is 0 Å². The van der Waals surface area contributed by atoms with Crippen LogP contribution in [-0.4, -0.2) is 41.4 Å². The highest BCUT2D eigenvalue weighted by Gasteiger charge is 2.17. The second kappa shape index (κ2) is 9.94. The lowest BCUT2D eigenvalue weighted by molar-refractivity contribution is 0.222. The highest BCUT2D eigenvalue weighted by Crippen LogP contribution is 2.47. The fraction of sp³-hybridized carbons (Fsp3) is 0.231. The van der Waals surface area contributed by atoms with E-state index in [-0.39, 0.29) is 11.5 Å². The Balaban J connectivity index is 1.57. The van der Waals surface area contributed by atoms with Crippen LogP contribution in [0.4, 0.5) is 0 Å². The standard InChI is InChI=1S/C26H27NO4S/c1-3-27(4-2)15-16-30-21-10-12-22(13-11-21)31-25-23-14-9-20(29)17-24(23)32-26(25)18-5-7-19(28)8-6-18/h5-14,17,28-29H,3-4,15-16H2,1-2H3. The molecule has 1 heterocycles. The van der Waals surface area contributed by atoms with Crippen LogP contribution in [0.25, 0.3) is 20.5 Å². The van der Waals surface area contributed by atoms with Gasteiger partial charge in [-0.2, -0.15) is 0 Å². The molecule has 3 aromatic carbocycles. The maximum atomic E-state index is 9.91. The molecule has 4 rings (SSSR count). The third kappa shape index (κ3) is 4.98. The SMILES string of the molecule is CCN(CC)CCOc1ccc(Oc2c(-c3ccc(O)cc3)sc3cc(O)ccc23)cc1. The van der Waals surface area contributed by atoms with Gasteiger partial charge < -0.3 is 24.6 Å². The van der Waals surface area contributed by atoms with Gasteiger partial charge in [0.2, 0.25) is 0 Å². The lowest BCUT2D eigenvalue weighted by atomic mass is 10.1. The van der Waals surface area contributed by atoms with Crippen molar-refractivity contribution in [3.8, 4) is 39.2 Å². The molecule has 0 saturated carbocycles. The Bertz CT molecular complexity index is 1170. The molecule has 0 amide bonds. The van der Waals surface area contributed by atoms with Gasteiger partial charge >= 0.3 is 0 Å². The number of likely N-dealkylation sites (N-methyl/N-ethyl adjacent to an activating group) is 1. The first-order valence-electron chi connectivity index (χ1n) is 10.8. The molecule has 0 unspecified atom stereocenters. The first kappa shape index (κ1) is 22.0. The largest absolute Gasteiger partial charge is 0.508 e. The van der Waals surface area contributed by atoms with E-state index in [1.54, 1.807) is 35.6 Å². The summed E-state index contributed by atoms with van der Waals surface area (Å²) < 4.78 is 13.1. The average Bonchev–Trinajstić information content (AvgIpc) is 3.15. The maximum absolute atomic E-state index is 9.91. The van der Waals surface area contributed by atoms with E-state index in [1.807, 2.05) is 42.5 Å². The van der Waals surface area contributed by atoms with Crippen molar-refractivity contribution < 1.29 is 19.7 Å². The number of hydrogen-bond acceptors (Lipinski definition) is 6. The Hall–Kier alpha value is -3.22. The number of thiophene rings is 1. The third-order valence-electron chi connectivity index (χ3n) is 5.37. The molecule has 6 heteroatoms. The molecule has 1 aromatic heterocycles. The Morgan fingerprint density at radius 2 is 1.47 bits per heavy atom. The second-order valence-electron chi connectivity index (χ2n) is 7.44. The minimum atomic E-state index is 0.214. The van der Waals surface area contributed by atoms with E-state index >= 15 is 0 Å². The highest BCUT2D eigenvalue weighted by atomic mass is 32.1. The van der Waals surface area contributed by atoms with Crippen LogP contribution in [0, 0.1) is 0 Å². The molecule has 0 aliphatic heterocycles. The molecule has 0 saturated heterocycles. The molecular formula is C26H27NO4S. The average molecular weight is 450 g/mol. The Labute approximate surface area is 192 Å². The fourth-order valence-corrected chi connectivity index (χ4v) is 4.69. The molecule has 0 fully saturated rings. The monoisotopic (exact) mass is 449 g/mol. The number of fused-ring (bicyclic) bond motifs is 1. The van der Waals surface area contributed by atoms with E-state index in [1.165, 1.54) is 0 Å². The van der Waals surface area contributed by atoms with Crippen LogP contribution in [0.15, 0.2) is 66.7 Å². The molecule has 32 heavy (non-hydrogen) atoms. The van der Waals surface area contributed by atoms with Crippen molar-refractivity contribution in [3.05, 3.63) is 66.7 Å². The number of hydrogen-bond donors (Lipinski definition) is 2. The van der Waals surface area contributed by atoms with Gasteiger partial charge in [-0.25, -0.2) is 0 Å². The number of ether oxygens (including phenoxy) is 2. The van der Waals surface area contributed by atoms with E-state index in [9.17, 15) is 10.2 Å². The summed E-state index contributed by atoms with van der Waals surface area (Å²) in [4.78, 5) is 3.26. The Morgan fingerprint density at radius 1 is 0.812 bits per heavy atom. The molecule has 0 radical (unpaired) electrons. The summed E-state index contributed by atoms with van der Waals surface area (Å²) in [5.74, 6) is 2.67. The summed E-state index contributed by atoms with van der Waals surface area (Å²) in [6.45, 7) is 7.88. The topological polar surface area (TPSA) is 62.2 Å². The summed E-state index contributed by atoms with van der Waals surface area (Å²) in [5.41, 5.74) is 0.940. The van der Waals surface area contributed by atoms with Crippen LogP contribution in [0.1, 0.15) is 13.8 Å². The summed E-state index contributed by atoms with van der Waals surface area (Å²) >= 11 is 1.54. The molecule has 5 nitrogen and oxygen atoms in total. The lowest BCUT2D eigenvalue weighted by Crippen LogP contribution is -2.27. The van der Waals surface area contributed by atoms with Crippen LogP contribution in [0.3, 0.4) is 0 Å². The lowest BCUT2D eigenvalue weighted by Gasteiger charge is -2.18. The second-order valence-corrected chi connectivity index (χ2v) is 8.49. The summed E-state index contributed by atoms with van der Waals surface area (Å²) in [6.07, 6.45) is 0. The van der Waals surface area contributed by atoms with E-state index in [0.717, 1.165) is 51.7 Å². The molecule has 4 aromatic rings. The van der Waals surface area contributed by atoms with Gasteiger partial charge in [-0.15, -0.1) is 11.3 Å². The molecule has 2 N–H and O–H groups in total. The summed E-state index contributed by atoms with van der Waals surface area (Å²) in [6, 6.07) is 19.9. The molecule has 166 valence electrons. The quantitative estimate of drug-likeness (QED) is 0.306. The van der Waals surface area contributed by atoms with Crippen LogP contribution in [0.2, 0.25) is 0 Å². The number of rotatable bonds is 9. The van der Waals surface area contributed by atoms with Crippen molar-refractivity contribution in [2.45, 2.75) is 13.8 Å². The zero-order valence-corrected chi connectivity index (χ0v) is 19.1. The molecule has 0 aliphatic rings. The van der Waals surface area contributed by atoms with Crippen LogP contribution < -0.4 is 9.47 Å². The number of phenolic OH excluding ortho intramolecular Hbond substituents is 2. The van der Waals surface area contributed by atoms with E-state index < -0.39 is 0 Å². The van der Waals surface area contributed by atoms with Crippen LogP contribution >= 0.6 is 11.3 Å². The summed E-state index contributed by atoms with van der Waals surface area (Å²) in [5, 5.41) is 20.5. The van der Waals surface area contributed by atoms with Gasteiger partial charge in [0.1, 0.15) is 29.6 Å².